The van der Waals surface area contributed by atoms with Crippen molar-refractivity contribution in [2.24, 2.45) is 0 Å². The van der Waals surface area contributed by atoms with Crippen LogP contribution in [0.1, 0.15) is 31.9 Å². The zero-order chi connectivity index (χ0) is 18.4. The van der Waals surface area contributed by atoms with Crippen LogP contribution in [0.15, 0.2) is 67.5 Å². The second-order valence-corrected chi connectivity index (χ2v) is 9.14. The summed E-state index contributed by atoms with van der Waals surface area (Å²) in [5.74, 6) is 0. The van der Waals surface area contributed by atoms with E-state index in [1.165, 1.54) is 18.2 Å². The highest BCUT2D eigenvalue weighted by Gasteiger charge is 2.24. The molecule has 0 N–H and O–H groups in total. The Hall–Kier alpha value is -2.40. The van der Waals surface area contributed by atoms with Crippen LogP contribution in [0.2, 0.25) is 0 Å². The fourth-order valence-corrected chi connectivity index (χ4v) is 3.96. The molecule has 0 aliphatic carbocycles. The molecule has 3 aromatic rings. The van der Waals surface area contributed by atoms with Gasteiger partial charge in [-0.25, -0.2) is 13.2 Å². The van der Waals surface area contributed by atoms with Gasteiger partial charge in [0.05, 0.1) is 4.90 Å². The SMILES string of the molecule is Cc1ccc2oc(=O)c(S(=O)(=O)c3ccc(C(C)(C)C)cc3)cc2c1. The summed E-state index contributed by atoms with van der Waals surface area (Å²) in [6.07, 6.45) is 0. The molecule has 1 heterocycles. The normalized spacial score (nSPS) is 12.5. The minimum absolute atomic E-state index is 0.0816. The van der Waals surface area contributed by atoms with Gasteiger partial charge in [-0.1, -0.05) is 44.5 Å². The molecule has 0 unspecified atom stereocenters. The van der Waals surface area contributed by atoms with E-state index in [0.717, 1.165) is 11.1 Å². The largest absolute Gasteiger partial charge is 0.422 e. The molecule has 0 fully saturated rings. The maximum atomic E-state index is 12.9. The summed E-state index contributed by atoms with van der Waals surface area (Å²) in [5, 5.41) is 0.587. The molecule has 2 aromatic carbocycles. The first kappa shape index (κ1) is 17.4. The molecule has 130 valence electrons. The molecule has 0 amide bonds. The zero-order valence-electron chi connectivity index (χ0n) is 14.7. The Morgan fingerprint density at radius 2 is 1.56 bits per heavy atom. The van der Waals surface area contributed by atoms with Crippen molar-refractivity contribution in [1.29, 1.82) is 0 Å². The van der Waals surface area contributed by atoms with E-state index in [9.17, 15) is 13.2 Å². The quantitative estimate of drug-likeness (QED) is 0.645. The van der Waals surface area contributed by atoms with Gasteiger partial charge in [0, 0.05) is 5.39 Å². The predicted octanol–water partition coefficient (Wildman–Crippen LogP) is 4.23. The van der Waals surface area contributed by atoms with E-state index < -0.39 is 15.5 Å². The van der Waals surface area contributed by atoms with Crippen LogP contribution in [-0.4, -0.2) is 8.42 Å². The van der Waals surface area contributed by atoms with Crippen LogP contribution in [0.4, 0.5) is 0 Å². The molecular formula is C20H20O4S. The smallest absolute Gasteiger partial charge is 0.355 e. The molecule has 1 aromatic heterocycles. The number of hydrogen-bond donors (Lipinski definition) is 0. The maximum absolute atomic E-state index is 12.9. The van der Waals surface area contributed by atoms with E-state index in [4.69, 9.17) is 4.42 Å². The molecule has 0 saturated carbocycles. The fourth-order valence-electron chi connectivity index (χ4n) is 2.67. The molecule has 5 heteroatoms. The number of rotatable bonds is 2. The van der Waals surface area contributed by atoms with Crippen LogP contribution in [-0.2, 0) is 15.3 Å². The predicted molar refractivity (Wildman–Crippen MR) is 97.8 cm³/mol. The van der Waals surface area contributed by atoms with Gasteiger partial charge >= 0.3 is 5.63 Å². The van der Waals surface area contributed by atoms with Crippen LogP contribution in [0.3, 0.4) is 0 Å². The maximum Gasteiger partial charge on any atom is 0.355 e. The van der Waals surface area contributed by atoms with Crippen LogP contribution >= 0.6 is 0 Å². The van der Waals surface area contributed by atoms with E-state index >= 15 is 0 Å². The van der Waals surface area contributed by atoms with Crippen molar-refractivity contribution in [2.45, 2.75) is 42.9 Å². The minimum Gasteiger partial charge on any atom is -0.422 e. The summed E-state index contributed by atoms with van der Waals surface area (Å²) in [7, 11) is -3.94. The van der Waals surface area contributed by atoms with Crippen molar-refractivity contribution in [3.63, 3.8) is 0 Å². The lowest BCUT2D eigenvalue weighted by Gasteiger charge is -2.19. The van der Waals surface area contributed by atoms with E-state index in [-0.39, 0.29) is 15.2 Å². The highest BCUT2D eigenvalue weighted by Crippen LogP contribution is 2.26. The van der Waals surface area contributed by atoms with Gasteiger partial charge in [0.25, 0.3) is 0 Å². The highest BCUT2D eigenvalue weighted by molar-refractivity contribution is 7.91. The average Bonchev–Trinajstić information content (AvgIpc) is 2.54. The minimum atomic E-state index is -3.94. The van der Waals surface area contributed by atoms with Gasteiger partial charge in [0.2, 0.25) is 9.84 Å². The summed E-state index contributed by atoms with van der Waals surface area (Å²) in [6, 6.07) is 13.3. The molecule has 3 rings (SSSR count). The molecule has 0 aliphatic rings. The van der Waals surface area contributed by atoms with Gasteiger partial charge in [-0.05, 0) is 48.2 Å². The molecule has 0 atom stereocenters. The topological polar surface area (TPSA) is 64.3 Å². The van der Waals surface area contributed by atoms with Crippen molar-refractivity contribution >= 4 is 20.8 Å². The lowest BCUT2D eigenvalue weighted by atomic mass is 9.87. The lowest BCUT2D eigenvalue weighted by molar-refractivity contribution is 0.532. The van der Waals surface area contributed by atoms with Gasteiger partial charge in [0.15, 0.2) is 4.90 Å². The Morgan fingerprint density at radius 3 is 2.16 bits per heavy atom. The Balaban J connectivity index is 2.15. The Labute approximate surface area is 147 Å². The number of aryl methyl sites for hydroxylation is 1. The third-order valence-electron chi connectivity index (χ3n) is 4.18. The molecule has 0 bridgehead atoms. The van der Waals surface area contributed by atoms with Crippen molar-refractivity contribution in [3.05, 3.63) is 70.1 Å². The van der Waals surface area contributed by atoms with Crippen molar-refractivity contribution in [2.75, 3.05) is 0 Å². The van der Waals surface area contributed by atoms with E-state index in [1.807, 2.05) is 13.0 Å². The van der Waals surface area contributed by atoms with Gasteiger partial charge in [-0.15, -0.1) is 0 Å². The average molecular weight is 356 g/mol. The molecule has 0 saturated heterocycles. The Morgan fingerprint density at radius 1 is 0.920 bits per heavy atom. The lowest BCUT2D eigenvalue weighted by Crippen LogP contribution is -2.15. The summed E-state index contributed by atoms with van der Waals surface area (Å²) in [5.41, 5.74) is 1.42. The number of benzene rings is 2. The van der Waals surface area contributed by atoms with E-state index in [1.54, 1.807) is 24.3 Å². The first-order valence-corrected chi connectivity index (χ1v) is 9.47. The Kier molecular flexibility index (Phi) is 4.07. The third kappa shape index (κ3) is 3.24. The molecule has 4 nitrogen and oxygen atoms in total. The second-order valence-electron chi connectivity index (χ2n) is 7.22. The summed E-state index contributed by atoms with van der Waals surface area (Å²) in [6.45, 7) is 8.05. The van der Waals surface area contributed by atoms with E-state index in [0.29, 0.717) is 11.0 Å². The van der Waals surface area contributed by atoms with E-state index in [2.05, 4.69) is 20.8 Å². The third-order valence-corrected chi connectivity index (χ3v) is 5.93. The van der Waals surface area contributed by atoms with Crippen LogP contribution in [0.5, 0.6) is 0 Å². The number of fused-ring (bicyclic) bond motifs is 1. The highest BCUT2D eigenvalue weighted by atomic mass is 32.2. The van der Waals surface area contributed by atoms with Crippen molar-refractivity contribution in [3.8, 4) is 0 Å². The fraction of sp³-hybridized carbons (Fsp3) is 0.250. The summed E-state index contributed by atoms with van der Waals surface area (Å²) in [4.78, 5) is 12.0. The standard InChI is InChI=1S/C20H20O4S/c1-13-5-10-17-14(11-13)12-18(19(21)24-17)25(22,23)16-8-6-15(7-9-16)20(2,3)4/h5-12H,1-4H3. The first-order valence-electron chi connectivity index (χ1n) is 7.99. The van der Waals surface area contributed by atoms with Gasteiger partial charge in [0.1, 0.15) is 5.58 Å². The van der Waals surface area contributed by atoms with Gasteiger partial charge in [-0.3, -0.25) is 0 Å². The van der Waals surface area contributed by atoms with Crippen LogP contribution < -0.4 is 5.63 Å². The first-order chi connectivity index (χ1) is 11.6. The molecule has 0 spiro atoms. The summed E-state index contributed by atoms with van der Waals surface area (Å²) >= 11 is 0. The molecule has 0 aliphatic heterocycles. The van der Waals surface area contributed by atoms with Crippen molar-refractivity contribution in [1.82, 2.24) is 0 Å². The molecule has 25 heavy (non-hydrogen) atoms. The zero-order valence-corrected chi connectivity index (χ0v) is 15.5. The molecular weight excluding hydrogens is 336 g/mol. The number of hydrogen-bond acceptors (Lipinski definition) is 4. The summed E-state index contributed by atoms with van der Waals surface area (Å²) < 4.78 is 31.0. The van der Waals surface area contributed by atoms with Gasteiger partial charge < -0.3 is 4.42 Å². The molecule has 0 radical (unpaired) electrons. The van der Waals surface area contributed by atoms with Crippen molar-refractivity contribution < 1.29 is 12.8 Å². The monoisotopic (exact) mass is 356 g/mol. The number of sulfone groups is 1. The van der Waals surface area contributed by atoms with Crippen LogP contribution in [0, 0.1) is 6.92 Å². The van der Waals surface area contributed by atoms with Gasteiger partial charge in [-0.2, -0.15) is 0 Å². The Bertz CT molecular complexity index is 1100. The van der Waals surface area contributed by atoms with Crippen LogP contribution in [0.25, 0.3) is 11.0 Å². The second kappa shape index (κ2) is 5.85.